The van der Waals surface area contributed by atoms with Crippen LogP contribution in [0.3, 0.4) is 0 Å². The summed E-state index contributed by atoms with van der Waals surface area (Å²) in [5.41, 5.74) is 3.09. The highest BCUT2D eigenvalue weighted by atomic mass is 32.1. The van der Waals surface area contributed by atoms with Gasteiger partial charge in [0.25, 0.3) is 0 Å². The summed E-state index contributed by atoms with van der Waals surface area (Å²) in [4.78, 5) is 4.63. The minimum Gasteiger partial charge on any atom is -0.491 e. The summed E-state index contributed by atoms with van der Waals surface area (Å²) in [6, 6.07) is 13.8. The van der Waals surface area contributed by atoms with E-state index in [0.717, 1.165) is 26.5 Å². The van der Waals surface area contributed by atoms with Crippen LogP contribution < -0.4 is 10.1 Å². The molecule has 0 saturated heterocycles. The maximum absolute atomic E-state index is 12.1. The fourth-order valence-electron chi connectivity index (χ4n) is 2.05. The second kappa shape index (κ2) is 6.10. The van der Waals surface area contributed by atoms with E-state index in [0.29, 0.717) is 5.75 Å². The number of fused-ring (bicyclic) bond motifs is 1. The lowest BCUT2D eigenvalue weighted by molar-refractivity contribution is 0.273. The van der Waals surface area contributed by atoms with Gasteiger partial charge in [-0.15, -0.1) is 11.3 Å². The van der Waals surface area contributed by atoms with Crippen molar-refractivity contribution in [2.24, 2.45) is 0 Å². The van der Waals surface area contributed by atoms with E-state index in [1.54, 1.807) is 11.3 Å². The van der Waals surface area contributed by atoms with Crippen LogP contribution in [0, 0.1) is 0 Å². The quantitative estimate of drug-likeness (QED) is 0.760. The average molecular weight is 302 g/mol. The van der Waals surface area contributed by atoms with Gasteiger partial charge in [0, 0.05) is 18.3 Å². The van der Waals surface area contributed by atoms with Crippen molar-refractivity contribution in [3.63, 3.8) is 0 Å². The van der Waals surface area contributed by atoms with E-state index in [2.05, 4.69) is 10.3 Å². The van der Waals surface area contributed by atoms with Gasteiger partial charge in [0.2, 0.25) is 0 Å². The van der Waals surface area contributed by atoms with Crippen molar-refractivity contribution in [2.75, 3.05) is 25.6 Å². The Kier molecular flexibility index (Phi) is 4.01. The number of anilines is 1. The highest BCUT2D eigenvalue weighted by Crippen LogP contribution is 2.32. The molecule has 21 heavy (non-hydrogen) atoms. The van der Waals surface area contributed by atoms with Crippen LogP contribution in [0.2, 0.25) is 0 Å². The molecular formula is C16H15FN2OS. The third-order valence-electron chi connectivity index (χ3n) is 3.13. The number of ether oxygens (including phenoxy) is 1. The maximum Gasteiger partial charge on any atom is 0.124 e. The second-order valence-electron chi connectivity index (χ2n) is 4.51. The molecule has 0 spiro atoms. The molecule has 0 radical (unpaired) electrons. The van der Waals surface area contributed by atoms with E-state index in [1.165, 1.54) is 0 Å². The summed E-state index contributed by atoms with van der Waals surface area (Å²) < 4.78 is 18.5. The number of nitrogens with one attached hydrogen (secondary N) is 1. The predicted octanol–water partition coefficient (Wildman–Crippen LogP) is 4.35. The van der Waals surface area contributed by atoms with Gasteiger partial charge in [0.05, 0.1) is 10.2 Å². The smallest absolute Gasteiger partial charge is 0.124 e. The lowest BCUT2D eigenvalue weighted by Crippen LogP contribution is -1.97. The van der Waals surface area contributed by atoms with Crippen molar-refractivity contribution in [1.82, 2.24) is 4.98 Å². The van der Waals surface area contributed by atoms with Crippen LogP contribution in [0.4, 0.5) is 10.1 Å². The molecule has 2 aromatic carbocycles. The highest BCUT2D eigenvalue weighted by Gasteiger charge is 2.07. The number of hydrogen-bond donors (Lipinski definition) is 1. The molecule has 3 rings (SSSR count). The zero-order valence-electron chi connectivity index (χ0n) is 11.6. The van der Waals surface area contributed by atoms with Crippen molar-refractivity contribution in [3.05, 3.63) is 42.5 Å². The van der Waals surface area contributed by atoms with E-state index in [-0.39, 0.29) is 6.61 Å². The van der Waals surface area contributed by atoms with Crippen LogP contribution in [-0.4, -0.2) is 25.3 Å². The molecule has 0 saturated carbocycles. The van der Waals surface area contributed by atoms with E-state index < -0.39 is 6.67 Å². The van der Waals surface area contributed by atoms with E-state index in [4.69, 9.17) is 4.74 Å². The molecule has 1 heterocycles. The van der Waals surface area contributed by atoms with Crippen molar-refractivity contribution < 1.29 is 9.13 Å². The molecule has 1 N–H and O–H groups in total. The number of thiazole rings is 1. The summed E-state index contributed by atoms with van der Waals surface area (Å²) in [6.07, 6.45) is 0. The van der Waals surface area contributed by atoms with Crippen LogP contribution in [0.15, 0.2) is 42.5 Å². The van der Waals surface area contributed by atoms with Gasteiger partial charge >= 0.3 is 0 Å². The molecule has 108 valence electrons. The van der Waals surface area contributed by atoms with Gasteiger partial charge in [-0.05, 0) is 42.5 Å². The molecular weight excluding hydrogens is 287 g/mol. The lowest BCUT2D eigenvalue weighted by atomic mass is 10.2. The fourth-order valence-corrected chi connectivity index (χ4v) is 3.05. The minimum absolute atomic E-state index is 0.0860. The lowest BCUT2D eigenvalue weighted by Gasteiger charge is -2.01. The van der Waals surface area contributed by atoms with Gasteiger partial charge in [-0.25, -0.2) is 9.37 Å². The SMILES string of the molecule is CNc1ccc(-c2nc3ccc(OCCF)cc3s2)cc1. The molecule has 3 aromatic rings. The molecule has 3 nitrogen and oxygen atoms in total. The molecule has 5 heteroatoms. The monoisotopic (exact) mass is 302 g/mol. The van der Waals surface area contributed by atoms with E-state index in [1.807, 2.05) is 49.5 Å². The Hall–Kier alpha value is -2.14. The highest BCUT2D eigenvalue weighted by molar-refractivity contribution is 7.21. The van der Waals surface area contributed by atoms with Crippen LogP contribution in [0.25, 0.3) is 20.8 Å². The number of hydrogen-bond acceptors (Lipinski definition) is 4. The van der Waals surface area contributed by atoms with Crippen molar-refractivity contribution in [1.29, 1.82) is 0 Å². The van der Waals surface area contributed by atoms with Crippen molar-refractivity contribution in [3.8, 4) is 16.3 Å². The molecule has 0 aliphatic rings. The van der Waals surface area contributed by atoms with Gasteiger partial charge < -0.3 is 10.1 Å². The maximum atomic E-state index is 12.1. The van der Waals surface area contributed by atoms with Crippen LogP contribution in [0.1, 0.15) is 0 Å². The molecule has 0 aliphatic carbocycles. The van der Waals surface area contributed by atoms with E-state index in [9.17, 15) is 4.39 Å². The standard InChI is InChI=1S/C16H15FN2OS/c1-18-12-4-2-11(3-5-12)16-19-14-7-6-13(20-9-8-17)10-15(14)21-16/h2-7,10,18H,8-9H2,1H3. The zero-order chi connectivity index (χ0) is 14.7. The Morgan fingerprint density at radius 1 is 1.19 bits per heavy atom. The third-order valence-corrected chi connectivity index (χ3v) is 4.19. The largest absolute Gasteiger partial charge is 0.491 e. The Morgan fingerprint density at radius 2 is 2.00 bits per heavy atom. The van der Waals surface area contributed by atoms with Crippen LogP contribution in [-0.2, 0) is 0 Å². The Balaban J connectivity index is 1.92. The first-order valence-corrected chi connectivity index (χ1v) is 7.49. The van der Waals surface area contributed by atoms with Gasteiger partial charge in [0.1, 0.15) is 24.0 Å². The predicted molar refractivity (Wildman–Crippen MR) is 86.1 cm³/mol. The number of nitrogens with zero attached hydrogens (tertiary/aromatic N) is 1. The summed E-state index contributed by atoms with van der Waals surface area (Å²) in [6.45, 7) is -0.396. The topological polar surface area (TPSA) is 34.2 Å². The normalized spacial score (nSPS) is 10.8. The van der Waals surface area contributed by atoms with Crippen molar-refractivity contribution in [2.45, 2.75) is 0 Å². The number of alkyl halides is 1. The molecule has 0 fully saturated rings. The Morgan fingerprint density at radius 3 is 2.71 bits per heavy atom. The minimum atomic E-state index is -0.482. The molecule has 0 aliphatic heterocycles. The van der Waals surface area contributed by atoms with Gasteiger partial charge in [-0.1, -0.05) is 0 Å². The molecule has 0 amide bonds. The van der Waals surface area contributed by atoms with E-state index >= 15 is 0 Å². The molecule has 0 unspecified atom stereocenters. The Labute approximate surface area is 126 Å². The number of aromatic nitrogens is 1. The van der Waals surface area contributed by atoms with Gasteiger partial charge in [-0.3, -0.25) is 0 Å². The molecule has 1 aromatic heterocycles. The first-order valence-electron chi connectivity index (χ1n) is 6.67. The molecule has 0 bridgehead atoms. The van der Waals surface area contributed by atoms with Crippen LogP contribution >= 0.6 is 11.3 Å². The second-order valence-corrected chi connectivity index (χ2v) is 5.54. The summed E-state index contributed by atoms with van der Waals surface area (Å²) >= 11 is 1.61. The van der Waals surface area contributed by atoms with Crippen molar-refractivity contribution >= 4 is 27.2 Å². The first kappa shape index (κ1) is 13.8. The zero-order valence-corrected chi connectivity index (χ0v) is 12.4. The first-order chi connectivity index (χ1) is 10.3. The summed E-state index contributed by atoms with van der Waals surface area (Å²) in [7, 11) is 1.89. The Bertz CT molecular complexity index is 740. The van der Waals surface area contributed by atoms with Gasteiger partial charge in [-0.2, -0.15) is 0 Å². The third kappa shape index (κ3) is 2.97. The van der Waals surface area contributed by atoms with Gasteiger partial charge in [0.15, 0.2) is 0 Å². The number of halogens is 1. The fraction of sp³-hybridized carbons (Fsp3) is 0.188. The van der Waals surface area contributed by atoms with Crippen LogP contribution in [0.5, 0.6) is 5.75 Å². The summed E-state index contributed by atoms with van der Waals surface area (Å²) in [5, 5.41) is 4.06. The summed E-state index contributed by atoms with van der Waals surface area (Å²) in [5.74, 6) is 0.681. The average Bonchev–Trinajstić information content (AvgIpc) is 2.96. The number of benzene rings is 2. The molecule has 0 atom stereocenters. The number of rotatable bonds is 5.